The number of hydrogen-bond donors (Lipinski definition) is 1. The molecule has 9 heteroatoms. The molecule has 1 heterocycles. The molecule has 3 aromatic carbocycles. The lowest BCUT2D eigenvalue weighted by Gasteiger charge is -2.39. The molecule has 1 N–H and O–H groups in total. The van der Waals surface area contributed by atoms with Gasteiger partial charge in [0.05, 0.1) is 12.5 Å². The van der Waals surface area contributed by atoms with Crippen LogP contribution >= 0.6 is 23.2 Å². The van der Waals surface area contributed by atoms with Gasteiger partial charge in [-0.05, 0) is 42.4 Å². The van der Waals surface area contributed by atoms with E-state index in [0.717, 1.165) is 5.56 Å². The Kier molecular flexibility index (Phi) is 9.07. The van der Waals surface area contributed by atoms with Gasteiger partial charge in [0, 0.05) is 39.2 Å². The van der Waals surface area contributed by atoms with Crippen LogP contribution in [0.25, 0.3) is 0 Å². The Morgan fingerprint density at radius 3 is 2.22 bits per heavy atom. The van der Waals surface area contributed by atoms with E-state index in [4.69, 9.17) is 27.9 Å². The number of imide groups is 1. The standard InChI is InChI=1S/C32H34Cl2N2O5/c1-6-35(18-21-11-13-22(14-12-21)31(39)40)29-30(38)36(20(2)37,19-32(3,4)5)27-16-15-23(33)17-25(27)28(41-29)24-9-7-8-10-26(24)34/h7-17,28-29H,6,18-19H2,1-5H3/p+1/t28-,29?,36+/m1/s1. The first-order valence-electron chi connectivity index (χ1n) is 13.5. The maximum absolute atomic E-state index is 14.9. The molecule has 0 fully saturated rings. The van der Waals surface area contributed by atoms with Crippen LogP contribution in [0.1, 0.15) is 67.8 Å². The number of likely N-dealkylation sites (N-methyl/N-ethyl adjacent to an activating group) is 1. The van der Waals surface area contributed by atoms with Gasteiger partial charge in [0.2, 0.25) is 6.23 Å². The fraction of sp³-hybridized carbons (Fsp3) is 0.344. The van der Waals surface area contributed by atoms with Gasteiger partial charge in [0.15, 0.2) is 5.69 Å². The number of nitrogens with zero attached hydrogens (tertiary/aromatic N) is 2. The number of ether oxygens (including phenoxy) is 1. The van der Waals surface area contributed by atoms with Crippen molar-refractivity contribution in [2.45, 2.75) is 53.5 Å². The Hall–Kier alpha value is -3.07. The third-order valence-corrected chi connectivity index (χ3v) is 7.88. The Morgan fingerprint density at radius 2 is 1.66 bits per heavy atom. The molecule has 0 saturated carbocycles. The summed E-state index contributed by atoms with van der Waals surface area (Å²) >= 11 is 13.2. The minimum atomic E-state index is -1.14. The number of rotatable bonds is 7. The number of carboxylic acid groups (broad SMARTS) is 1. The molecule has 2 amide bonds. The number of benzene rings is 3. The van der Waals surface area contributed by atoms with Crippen LogP contribution in [0.4, 0.5) is 5.69 Å². The molecule has 0 radical (unpaired) electrons. The van der Waals surface area contributed by atoms with E-state index in [1.807, 2.05) is 50.8 Å². The fourth-order valence-corrected chi connectivity index (χ4v) is 5.90. The van der Waals surface area contributed by atoms with Gasteiger partial charge in [0.1, 0.15) is 12.6 Å². The molecule has 0 bridgehead atoms. The Labute approximate surface area is 250 Å². The molecule has 3 aromatic rings. The zero-order valence-electron chi connectivity index (χ0n) is 23.9. The maximum Gasteiger partial charge on any atom is 0.370 e. The summed E-state index contributed by atoms with van der Waals surface area (Å²) in [7, 11) is 0. The number of hydrogen-bond acceptors (Lipinski definition) is 5. The zero-order valence-corrected chi connectivity index (χ0v) is 25.4. The summed E-state index contributed by atoms with van der Waals surface area (Å²) in [6.07, 6.45) is -1.94. The number of aromatic carboxylic acids is 1. The van der Waals surface area contributed by atoms with Crippen LogP contribution in [0.15, 0.2) is 66.7 Å². The van der Waals surface area contributed by atoms with Crippen molar-refractivity contribution in [3.05, 3.63) is 99.0 Å². The topological polar surface area (TPSA) is 83.9 Å². The van der Waals surface area contributed by atoms with E-state index in [1.165, 1.54) is 19.1 Å². The molecule has 3 atom stereocenters. The minimum absolute atomic E-state index is 0.169. The lowest BCUT2D eigenvalue weighted by Crippen LogP contribution is -2.66. The first-order chi connectivity index (χ1) is 19.3. The molecule has 1 aliphatic heterocycles. The minimum Gasteiger partial charge on any atom is -0.478 e. The first kappa shape index (κ1) is 30.9. The van der Waals surface area contributed by atoms with Crippen LogP contribution < -0.4 is 4.48 Å². The SMILES string of the molecule is CCN(Cc1ccc(C(=O)O)cc1)C1O[C@H](c2ccccc2Cl)c2cc(Cl)ccc2[N@+](CC(C)(C)C)(C(C)=O)C1=O. The molecule has 1 unspecified atom stereocenters. The lowest BCUT2D eigenvalue weighted by molar-refractivity contribution is -0.165. The molecule has 0 saturated heterocycles. The van der Waals surface area contributed by atoms with Crippen LogP contribution in [-0.2, 0) is 20.9 Å². The van der Waals surface area contributed by atoms with E-state index in [2.05, 4.69) is 0 Å². The number of carbonyl (C=O) groups excluding carboxylic acids is 2. The molecule has 41 heavy (non-hydrogen) atoms. The van der Waals surface area contributed by atoms with Gasteiger partial charge in [-0.1, -0.05) is 81.2 Å². The van der Waals surface area contributed by atoms with Gasteiger partial charge in [-0.15, -0.1) is 0 Å². The highest BCUT2D eigenvalue weighted by Gasteiger charge is 2.56. The number of carboxylic acids is 1. The fourth-order valence-electron chi connectivity index (χ4n) is 5.48. The van der Waals surface area contributed by atoms with Gasteiger partial charge in [-0.25, -0.2) is 14.4 Å². The van der Waals surface area contributed by atoms with Crippen molar-refractivity contribution >= 4 is 46.7 Å². The smallest absolute Gasteiger partial charge is 0.370 e. The van der Waals surface area contributed by atoms with Crippen molar-refractivity contribution in [1.29, 1.82) is 0 Å². The molecular weight excluding hydrogens is 563 g/mol. The summed E-state index contributed by atoms with van der Waals surface area (Å²) in [6, 6.07) is 19.0. The van der Waals surface area contributed by atoms with Crippen LogP contribution in [0.5, 0.6) is 0 Å². The van der Waals surface area contributed by atoms with Crippen molar-refractivity contribution in [2.75, 3.05) is 13.1 Å². The van der Waals surface area contributed by atoms with E-state index < -0.39 is 34.1 Å². The summed E-state index contributed by atoms with van der Waals surface area (Å²) in [4.78, 5) is 41.9. The average Bonchev–Trinajstić information content (AvgIpc) is 3.00. The second-order valence-corrected chi connectivity index (χ2v) is 12.4. The Bertz CT molecular complexity index is 1470. The highest BCUT2D eigenvalue weighted by molar-refractivity contribution is 6.31. The summed E-state index contributed by atoms with van der Waals surface area (Å²) < 4.78 is 6.19. The van der Waals surface area contributed by atoms with Crippen LogP contribution in [0, 0.1) is 5.41 Å². The second kappa shape index (κ2) is 12.0. The summed E-state index contributed by atoms with van der Waals surface area (Å²) in [5.41, 5.74) is 2.30. The third kappa shape index (κ3) is 6.25. The quantitative estimate of drug-likeness (QED) is 0.293. The summed E-state index contributed by atoms with van der Waals surface area (Å²) in [5.74, 6) is -1.76. The number of quaternary nitrogens is 1. The maximum atomic E-state index is 14.9. The lowest BCUT2D eigenvalue weighted by atomic mass is 9.91. The predicted octanol–water partition coefficient (Wildman–Crippen LogP) is 7.09. The van der Waals surface area contributed by atoms with Crippen LogP contribution in [0.3, 0.4) is 0 Å². The van der Waals surface area contributed by atoms with Crippen molar-refractivity contribution in [2.24, 2.45) is 5.41 Å². The Balaban J connectivity index is 1.95. The van der Waals surface area contributed by atoms with Crippen LogP contribution in [-0.4, -0.2) is 47.1 Å². The van der Waals surface area contributed by atoms with E-state index >= 15 is 0 Å². The normalized spacial score (nSPS) is 20.9. The molecule has 216 valence electrons. The summed E-state index contributed by atoms with van der Waals surface area (Å²) in [6.45, 7) is 10.2. The van der Waals surface area contributed by atoms with Crippen LogP contribution in [0.2, 0.25) is 10.0 Å². The van der Waals surface area contributed by atoms with E-state index in [-0.39, 0.29) is 24.6 Å². The first-order valence-corrected chi connectivity index (χ1v) is 14.2. The number of halogens is 2. The van der Waals surface area contributed by atoms with E-state index in [0.29, 0.717) is 33.4 Å². The molecule has 7 nitrogen and oxygen atoms in total. The highest BCUT2D eigenvalue weighted by atomic mass is 35.5. The van der Waals surface area contributed by atoms with Gasteiger partial charge < -0.3 is 9.84 Å². The van der Waals surface area contributed by atoms with Gasteiger partial charge in [-0.2, -0.15) is 4.48 Å². The second-order valence-electron chi connectivity index (χ2n) is 11.5. The predicted molar refractivity (Wildman–Crippen MR) is 161 cm³/mol. The molecular formula is C32H35Cl2N2O5+. The van der Waals surface area contributed by atoms with Gasteiger partial charge in [0.25, 0.3) is 0 Å². The molecule has 0 spiro atoms. The number of fused-ring (bicyclic) bond motifs is 1. The summed E-state index contributed by atoms with van der Waals surface area (Å²) in [5, 5.41) is 10.2. The highest BCUT2D eigenvalue weighted by Crippen LogP contribution is 2.46. The third-order valence-electron chi connectivity index (χ3n) is 7.30. The average molecular weight is 599 g/mol. The number of carbonyl (C=O) groups is 3. The van der Waals surface area contributed by atoms with E-state index in [9.17, 15) is 19.5 Å². The van der Waals surface area contributed by atoms with E-state index in [1.54, 1.807) is 36.4 Å². The van der Waals surface area contributed by atoms with Gasteiger partial charge in [-0.3, -0.25) is 4.90 Å². The zero-order chi connectivity index (χ0) is 30.1. The van der Waals surface area contributed by atoms with Crippen molar-refractivity contribution in [1.82, 2.24) is 9.38 Å². The van der Waals surface area contributed by atoms with Crippen molar-refractivity contribution < 1.29 is 24.2 Å². The molecule has 0 aliphatic carbocycles. The molecule has 1 aliphatic rings. The number of amides is 2. The van der Waals surface area contributed by atoms with Crippen molar-refractivity contribution in [3.63, 3.8) is 0 Å². The molecule has 4 rings (SSSR count). The Morgan fingerprint density at radius 1 is 1.00 bits per heavy atom. The largest absolute Gasteiger partial charge is 0.478 e. The monoisotopic (exact) mass is 597 g/mol. The van der Waals surface area contributed by atoms with Gasteiger partial charge >= 0.3 is 17.8 Å². The molecule has 0 aromatic heterocycles. The van der Waals surface area contributed by atoms with Crippen molar-refractivity contribution in [3.8, 4) is 0 Å².